The van der Waals surface area contributed by atoms with E-state index in [9.17, 15) is 4.79 Å². The van der Waals surface area contributed by atoms with Crippen molar-refractivity contribution in [1.29, 1.82) is 0 Å². The average molecular weight is 305 g/mol. The number of nitrogens with two attached hydrogens (primary N) is 1. The summed E-state index contributed by atoms with van der Waals surface area (Å²) in [7, 11) is 0. The Morgan fingerprint density at radius 1 is 1.38 bits per heavy atom. The normalized spacial score (nSPS) is 9.69. The Morgan fingerprint density at radius 3 is 2.54 bits per heavy atom. The lowest BCUT2D eigenvalue weighted by molar-refractivity contribution is -0.112. The average Bonchev–Trinajstić information content (AvgIpc) is 2.08. The lowest BCUT2D eigenvalue weighted by Crippen LogP contribution is -2.12. The van der Waals surface area contributed by atoms with Crippen molar-refractivity contribution in [3.8, 4) is 0 Å². The SMILES string of the molecule is C=C(C(N)=O)c1cc(Br)ccc1Br. The number of hydrogen-bond acceptors (Lipinski definition) is 1. The molecule has 0 radical (unpaired) electrons. The maximum atomic E-state index is 10.8. The maximum Gasteiger partial charge on any atom is 0.248 e. The highest BCUT2D eigenvalue weighted by molar-refractivity contribution is 9.11. The molecule has 0 aliphatic carbocycles. The minimum atomic E-state index is -0.515. The summed E-state index contributed by atoms with van der Waals surface area (Å²) < 4.78 is 1.69. The first-order valence-corrected chi connectivity index (χ1v) is 5.05. The van der Waals surface area contributed by atoms with Gasteiger partial charge in [-0.15, -0.1) is 0 Å². The lowest BCUT2D eigenvalue weighted by Gasteiger charge is -2.04. The van der Waals surface area contributed by atoms with Crippen LogP contribution in [-0.4, -0.2) is 5.91 Å². The fourth-order valence-corrected chi connectivity index (χ4v) is 1.71. The Bertz CT molecular complexity index is 374. The van der Waals surface area contributed by atoms with Gasteiger partial charge in [-0.1, -0.05) is 38.4 Å². The Hall–Kier alpha value is -0.610. The van der Waals surface area contributed by atoms with Gasteiger partial charge in [0, 0.05) is 20.1 Å². The molecular weight excluding hydrogens is 298 g/mol. The van der Waals surface area contributed by atoms with E-state index < -0.39 is 5.91 Å². The van der Waals surface area contributed by atoms with Gasteiger partial charge in [0.2, 0.25) is 5.91 Å². The molecule has 0 aliphatic rings. The van der Waals surface area contributed by atoms with Crippen LogP contribution in [0.25, 0.3) is 5.57 Å². The van der Waals surface area contributed by atoms with E-state index in [-0.39, 0.29) is 0 Å². The van der Waals surface area contributed by atoms with Crippen molar-refractivity contribution in [2.75, 3.05) is 0 Å². The monoisotopic (exact) mass is 303 g/mol. The van der Waals surface area contributed by atoms with E-state index in [0.29, 0.717) is 11.1 Å². The topological polar surface area (TPSA) is 43.1 Å². The van der Waals surface area contributed by atoms with Crippen molar-refractivity contribution in [3.63, 3.8) is 0 Å². The molecule has 0 atom stereocenters. The molecule has 68 valence electrons. The fraction of sp³-hybridized carbons (Fsp3) is 0. The number of rotatable bonds is 2. The van der Waals surface area contributed by atoms with Crippen molar-refractivity contribution in [3.05, 3.63) is 39.3 Å². The van der Waals surface area contributed by atoms with Crippen molar-refractivity contribution in [1.82, 2.24) is 0 Å². The van der Waals surface area contributed by atoms with E-state index in [1.807, 2.05) is 12.1 Å². The van der Waals surface area contributed by atoms with E-state index in [4.69, 9.17) is 5.73 Å². The molecule has 13 heavy (non-hydrogen) atoms. The Kier molecular flexibility index (Phi) is 3.27. The van der Waals surface area contributed by atoms with Crippen molar-refractivity contribution >= 4 is 43.3 Å². The molecule has 0 aliphatic heterocycles. The van der Waals surface area contributed by atoms with Crippen LogP contribution in [-0.2, 0) is 4.79 Å². The predicted octanol–water partition coefficient (Wildman–Crippen LogP) is 2.71. The molecule has 0 saturated carbocycles. The zero-order chi connectivity index (χ0) is 10.0. The molecule has 0 unspecified atom stereocenters. The van der Waals surface area contributed by atoms with Crippen LogP contribution >= 0.6 is 31.9 Å². The molecule has 1 aromatic rings. The fourth-order valence-electron chi connectivity index (χ4n) is 0.861. The second-order valence-corrected chi connectivity index (χ2v) is 4.24. The van der Waals surface area contributed by atoms with Gasteiger partial charge in [-0.2, -0.15) is 0 Å². The molecule has 0 heterocycles. The molecule has 2 nitrogen and oxygen atoms in total. The first-order chi connectivity index (χ1) is 6.02. The number of amides is 1. The number of benzene rings is 1. The van der Waals surface area contributed by atoms with Crippen LogP contribution in [0.3, 0.4) is 0 Å². The lowest BCUT2D eigenvalue weighted by atomic mass is 10.1. The Morgan fingerprint density at radius 2 is 2.00 bits per heavy atom. The summed E-state index contributed by atoms with van der Waals surface area (Å²) in [5.41, 5.74) is 6.12. The summed E-state index contributed by atoms with van der Waals surface area (Å²) in [5.74, 6) is -0.515. The third kappa shape index (κ3) is 2.42. The maximum absolute atomic E-state index is 10.8. The number of carbonyl (C=O) groups is 1. The predicted molar refractivity (Wildman–Crippen MR) is 60.1 cm³/mol. The number of carbonyl (C=O) groups excluding carboxylic acids is 1. The molecule has 0 aromatic heterocycles. The number of halogens is 2. The van der Waals surface area contributed by atoms with Gasteiger partial charge in [-0.3, -0.25) is 4.79 Å². The van der Waals surface area contributed by atoms with Gasteiger partial charge < -0.3 is 5.73 Å². The zero-order valence-electron chi connectivity index (χ0n) is 6.68. The van der Waals surface area contributed by atoms with E-state index in [1.54, 1.807) is 6.07 Å². The van der Waals surface area contributed by atoms with Gasteiger partial charge >= 0.3 is 0 Å². The van der Waals surface area contributed by atoms with Crippen LogP contribution in [0.4, 0.5) is 0 Å². The summed E-state index contributed by atoms with van der Waals surface area (Å²) in [6, 6.07) is 5.48. The van der Waals surface area contributed by atoms with Crippen LogP contribution in [0, 0.1) is 0 Å². The van der Waals surface area contributed by atoms with E-state index in [1.165, 1.54) is 0 Å². The smallest absolute Gasteiger partial charge is 0.248 e. The van der Waals surface area contributed by atoms with Gasteiger partial charge in [0.1, 0.15) is 0 Å². The van der Waals surface area contributed by atoms with Crippen molar-refractivity contribution in [2.45, 2.75) is 0 Å². The first-order valence-electron chi connectivity index (χ1n) is 3.46. The second-order valence-electron chi connectivity index (χ2n) is 2.47. The van der Waals surface area contributed by atoms with Crippen molar-refractivity contribution < 1.29 is 4.79 Å². The molecule has 0 bridgehead atoms. The molecule has 4 heteroatoms. The summed E-state index contributed by atoms with van der Waals surface area (Å²) >= 11 is 6.61. The van der Waals surface area contributed by atoms with E-state index in [0.717, 1.165) is 8.95 Å². The highest BCUT2D eigenvalue weighted by Gasteiger charge is 2.08. The minimum Gasteiger partial charge on any atom is -0.366 e. The summed E-state index contributed by atoms with van der Waals surface area (Å²) in [5, 5.41) is 0. The Balaban J connectivity index is 3.21. The number of hydrogen-bond donors (Lipinski definition) is 1. The quantitative estimate of drug-likeness (QED) is 0.839. The van der Waals surface area contributed by atoms with Gasteiger partial charge in [0.05, 0.1) is 0 Å². The third-order valence-electron chi connectivity index (χ3n) is 1.55. The summed E-state index contributed by atoms with van der Waals surface area (Å²) in [6.07, 6.45) is 0. The molecular formula is C9H7Br2NO. The first kappa shape index (κ1) is 10.5. The summed E-state index contributed by atoms with van der Waals surface area (Å²) in [6.45, 7) is 3.60. The second kappa shape index (κ2) is 4.07. The molecule has 0 saturated heterocycles. The minimum absolute atomic E-state index is 0.299. The standard InChI is InChI=1S/C9H7Br2NO/c1-5(9(12)13)7-4-6(10)2-3-8(7)11/h2-4H,1H2,(H2,12,13). The van der Waals surface area contributed by atoms with Gasteiger partial charge in [-0.25, -0.2) is 0 Å². The Labute approximate surface area is 93.1 Å². The van der Waals surface area contributed by atoms with Crippen LogP contribution < -0.4 is 5.73 Å². The molecule has 0 spiro atoms. The van der Waals surface area contributed by atoms with Crippen LogP contribution in [0.2, 0.25) is 0 Å². The van der Waals surface area contributed by atoms with Gasteiger partial charge in [-0.05, 0) is 18.2 Å². The molecule has 0 fully saturated rings. The van der Waals surface area contributed by atoms with E-state index >= 15 is 0 Å². The summed E-state index contributed by atoms with van der Waals surface area (Å²) in [4.78, 5) is 10.8. The van der Waals surface area contributed by atoms with Crippen LogP contribution in [0.5, 0.6) is 0 Å². The van der Waals surface area contributed by atoms with E-state index in [2.05, 4.69) is 38.4 Å². The van der Waals surface area contributed by atoms with Crippen LogP contribution in [0.1, 0.15) is 5.56 Å². The molecule has 2 N–H and O–H groups in total. The molecule has 1 rings (SSSR count). The highest BCUT2D eigenvalue weighted by Crippen LogP contribution is 2.26. The highest BCUT2D eigenvalue weighted by atomic mass is 79.9. The van der Waals surface area contributed by atoms with Gasteiger partial charge in [0.15, 0.2) is 0 Å². The molecule has 1 aromatic carbocycles. The van der Waals surface area contributed by atoms with Crippen molar-refractivity contribution in [2.24, 2.45) is 5.73 Å². The van der Waals surface area contributed by atoms with Gasteiger partial charge in [0.25, 0.3) is 0 Å². The third-order valence-corrected chi connectivity index (χ3v) is 2.74. The molecule has 1 amide bonds. The van der Waals surface area contributed by atoms with Crippen LogP contribution in [0.15, 0.2) is 33.7 Å². The zero-order valence-corrected chi connectivity index (χ0v) is 9.85. The largest absolute Gasteiger partial charge is 0.366 e. The number of primary amides is 1.